The number of piperazine rings is 1. The minimum atomic E-state index is -4.42. The molecule has 4 rings (SSSR count). The molecule has 1 atom stereocenters. The molecule has 1 aliphatic rings. The number of para-hydroxylation sites is 2. The van der Waals surface area contributed by atoms with Gasteiger partial charge >= 0.3 is 12.1 Å². The number of anilines is 2. The summed E-state index contributed by atoms with van der Waals surface area (Å²) in [6.45, 7) is 1.85. The van der Waals surface area contributed by atoms with E-state index in [-0.39, 0.29) is 18.9 Å². The zero-order valence-electron chi connectivity index (χ0n) is 19.5. The minimum absolute atomic E-state index is 0.000476. The molecule has 1 fully saturated rings. The lowest BCUT2D eigenvalue weighted by Crippen LogP contribution is -2.47. The largest absolute Gasteiger partial charge is 0.462 e. The molecule has 0 unspecified atom stereocenters. The van der Waals surface area contributed by atoms with Crippen LogP contribution in [-0.2, 0) is 20.4 Å². The number of methoxy groups -OCH3 is 1. The number of fused-ring (bicyclic) bond motifs is 1. The van der Waals surface area contributed by atoms with Gasteiger partial charge in [0.15, 0.2) is 11.7 Å². The number of halogens is 3. The highest BCUT2D eigenvalue weighted by molar-refractivity contribution is 5.85. The van der Waals surface area contributed by atoms with Crippen molar-refractivity contribution in [1.82, 2.24) is 9.97 Å². The van der Waals surface area contributed by atoms with E-state index in [1.807, 2.05) is 21.9 Å². The second-order valence-corrected chi connectivity index (χ2v) is 8.17. The molecule has 3 aromatic rings. The second-order valence-electron chi connectivity index (χ2n) is 8.17. The van der Waals surface area contributed by atoms with Crippen LogP contribution in [0.3, 0.4) is 0 Å². The fourth-order valence-corrected chi connectivity index (χ4v) is 4.02. The zero-order valence-corrected chi connectivity index (χ0v) is 19.5. The van der Waals surface area contributed by atoms with E-state index in [0.29, 0.717) is 48.7 Å². The van der Waals surface area contributed by atoms with Crippen molar-refractivity contribution >= 4 is 28.5 Å². The van der Waals surface area contributed by atoms with E-state index in [1.54, 1.807) is 24.3 Å². The molecule has 36 heavy (non-hydrogen) atoms. The summed E-state index contributed by atoms with van der Waals surface area (Å²) in [5.74, 6) is -1.66. The van der Waals surface area contributed by atoms with E-state index in [4.69, 9.17) is 14.5 Å². The van der Waals surface area contributed by atoms with E-state index >= 15 is 0 Å². The van der Waals surface area contributed by atoms with E-state index in [1.165, 1.54) is 13.2 Å². The van der Waals surface area contributed by atoms with Gasteiger partial charge in [-0.2, -0.15) is 18.4 Å². The highest BCUT2D eigenvalue weighted by Crippen LogP contribution is 2.33. The SMILES string of the molecule is COCCOC(=O)[C@H](C#N)c1nc2ccccc2nc1N1CCN(c2cccc(C(F)(F)F)c2)CC1. The smallest absolute Gasteiger partial charge is 0.416 e. The molecular formula is C25H24F3N5O3. The number of carbonyl (C=O) groups excluding carboxylic acids is 1. The summed E-state index contributed by atoms with van der Waals surface area (Å²) in [5.41, 5.74) is 1.09. The van der Waals surface area contributed by atoms with Crippen LogP contribution in [-0.4, -0.2) is 62.4 Å². The first-order chi connectivity index (χ1) is 17.3. The Morgan fingerprint density at radius 3 is 2.33 bits per heavy atom. The summed E-state index contributed by atoms with van der Waals surface area (Å²) >= 11 is 0. The number of carbonyl (C=O) groups is 1. The van der Waals surface area contributed by atoms with Gasteiger partial charge in [-0.15, -0.1) is 0 Å². The Hall–Kier alpha value is -3.91. The summed E-state index contributed by atoms with van der Waals surface area (Å²) in [6.07, 6.45) is -4.42. The van der Waals surface area contributed by atoms with E-state index in [0.717, 1.165) is 12.1 Å². The summed E-state index contributed by atoms with van der Waals surface area (Å²) in [5, 5.41) is 9.82. The van der Waals surface area contributed by atoms with Crippen LogP contribution in [0.5, 0.6) is 0 Å². The van der Waals surface area contributed by atoms with Crippen molar-refractivity contribution in [3.8, 4) is 6.07 Å². The van der Waals surface area contributed by atoms with Crippen molar-refractivity contribution in [3.05, 3.63) is 59.8 Å². The van der Waals surface area contributed by atoms with Gasteiger partial charge in [-0.1, -0.05) is 18.2 Å². The van der Waals surface area contributed by atoms with Crippen LogP contribution in [0.25, 0.3) is 11.0 Å². The highest BCUT2D eigenvalue weighted by atomic mass is 19.4. The van der Waals surface area contributed by atoms with Crippen molar-refractivity contribution in [1.29, 1.82) is 5.26 Å². The molecule has 8 nitrogen and oxygen atoms in total. The fourth-order valence-electron chi connectivity index (χ4n) is 4.02. The van der Waals surface area contributed by atoms with Gasteiger partial charge in [0.2, 0.25) is 0 Å². The summed E-state index contributed by atoms with van der Waals surface area (Å²) in [6, 6.07) is 14.3. The monoisotopic (exact) mass is 499 g/mol. The maximum absolute atomic E-state index is 13.1. The molecule has 188 valence electrons. The molecule has 0 spiro atoms. The number of aromatic nitrogens is 2. The van der Waals surface area contributed by atoms with Crippen LogP contribution in [0.4, 0.5) is 24.7 Å². The Morgan fingerprint density at radius 1 is 1.03 bits per heavy atom. The molecule has 0 radical (unpaired) electrons. The third-order valence-corrected chi connectivity index (χ3v) is 5.87. The first-order valence-electron chi connectivity index (χ1n) is 11.3. The van der Waals surface area contributed by atoms with Gasteiger partial charge < -0.3 is 19.3 Å². The van der Waals surface area contributed by atoms with Crippen LogP contribution < -0.4 is 9.80 Å². The second kappa shape index (κ2) is 10.8. The Morgan fingerprint density at radius 2 is 1.69 bits per heavy atom. The third kappa shape index (κ3) is 5.49. The maximum Gasteiger partial charge on any atom is 0.416 e. The standard InChI is InChI=1S/C25H24F3N5O3/c1-35-13-14-36-24(34)19(16-29)22-23(31-21-8-3-2-7-20(21)30-22)33-11-9-32(10-12-33)18-6-4-5-17(15-18)25(26,27)28/h2-8,15,19H,9-14H2,1H3/t19-/m1/s1. The molecule has 0 aliphatic carbocycles. The molecule has 0 amide bonds. The number of rotatable bonds is 7. The molecule has 1 aliphatic heterocycles. The summed E-state index contributed by atoms with van der Waals surface area (Å²) in [4.78, 5) is 25.7. The van der Waals surface area contributed by atoms with Crippen molar-refractivity contribution in [2.75, 3.05) is 56.3 Å². The number of nitrogens with zero attached hydrogens (tertiary/aromatic N) is 5. The first kappa shape index (κ1) is 25.2. The zero-order chi connectivity index (χ0) is 25.7. The molecule has 0 saturated carbocycles. The van der Waals surface area contributed by atoms with Crippen molar-refractivity contribution in [3.63, 3.8) is 0 Å². The van der Waals surface area contributed by atoms with Gasteiger partial charge in [0.05, 0.1) is 29.3 Å². The first-order valence-corrected chi connectivity index (χ1v) is 11.3. The summed E-state index contributed by atoms with van der Waals surface area (Å²) < 4.78 is 49.5. The lowest BCUT2D eigenvalue weighted by molar-refractivity contribution is -0.145. The molecule has 0 N–H and O–H groups in total. The fraction of sp³-hybridized carbons (Fsp3) is 0.360. The molecule has 1 saturated heterocycles. The number of alkyl halides is 3. The van der Waals surface area contributed by atoms with E-state index < -0.39 is 23.6 Å². The van der Waals surface area contributed by atoms with E-state index in [2.05, 4.69) is 4.98 Å². The third-order valence-electron chi connectivity index (χ3n) is 5.87. The Labute approximate surface area is 205 Å². The van der Waals surface area contributed by atoms with Crippen molar-refractivity contribution in [2.45, 2.75) is 12.1 Å². The lowest BCUT2D eigenvalue weighted by atomic mass is 10.1. The number of hydrogen-bond donors (Lipinski definition) is 0. The number of ether oxygens (including phenoxy) is 2. The van der Waals surface area contributed by atoms with Gasteiger partial charge in [0.1, 0.15) is 12.3 Å². The Bertz CT molecular complexity index is 1270. The van der Waals surface area contributed by atoms with Crippen LogP contribution >= 0.6 is 0 Å². The van der Waals surface area contributed by atoms with Gasteiger partial charge in [-0.05, 0) is 30.3 Å². The Balaban J connectivity index is 1.60. The molecular weight excluding hydrogens is 475 g/mol. The van der Waals surface area contributed by atoms with Crippen molar-refractivity contribution < 1.29 is 27.4 Å². The maximum atomic E-state index is 13.1. The quantitative estimate of drug-likeness (QED) is 0.358. The number of nitriles is 1. The van der Waals surface area contributed by atoms with E-state index in [9.17, 15) is 23.2 Å². The van der Waals surface area contributed by atoms with Gasteiger partial charge in [0, 0.05) is 39.0 Å². The number of benzene rings is 2. The van der Waals surface area contributed by atoms with Gasteiger partial charge in [-0.25, -0.2) is 9.97 Å². The molecule has 2 heterocycles. The molecule has 1 aromatic heterocycles. The van der Waals surface area contributed by atoms with Crippen molar-refractivity contribution in [2.24, 2.45) is 0 Å². The average Bonchev–Trinajstić information content (AvgIpc) is 2.88. The van der Waals surface area contributed by atoms with Crippen LogP contribution in [0, 0.1) is 11.3 Å². The molecule has 2 aromatic carbocycles. The highest BCUT2D eigenvalue weighted by Gasteiger charge is 2.33. The topological polar surface area (TPSA) is 91.6 Å². The van der Waals surface area contributed by atoms with Gasteiger partial charge in [0.25, 0.3) is 0 Å². The summed E-state index contributed by atoms with van der Waals surface area (Å²) in [7, 11) is 1.47. The predicted octanol–water partition coefficient (Wildman–Crippen LogP) is 3.77. The average molecular weight is 499 g/mol. The van der Waals surface area contributed by atoms with Gasteiger partial charge in [-0.3, -0.25) is 4.79 Å². The predicted molar refractivity (Wildman–Crippen MR) is 127 cm³/mol. The molecule has 11 heteroatoms. The lowest BCUT2D eigenvalue weighted by Gasteiger charge is -2.37. The van der Waals surface area contributed by atoms with Crippen LogP contribution in [0.2, 0.25) is 0 Å². The normalized spacial score (nSPS) is 15.0. The minimum Gasteiger partial charge on any atom is -0.462 e. The number of hydrogen-bond acceptors (Lipinski definition) is 8. The number of esters is 1. The molecule has 0 bridgehead atoms. The Kier molecular flexibility index (Phi) is 7.55. The van der Waals surface area contributed by atoms with Crippen LogP contribution in [0.1, 0.15) is 17.2 Å². The van der Waals surface area contributed by atoms with Crippen LogP contribution in [0.15, 0.2) is 48.5 Å².